The second-order valence-electron chi connectivity index (χ2n) is 6.26. The van der Waals surface area contributed by atoms with Gasteiger partial charge in [0.1, 0.15) is 11.9 Å². The van der Waals surface area contributed by atoms with E-state index in [1.807, 2.05) is 24.3 Å². The molecule has 1 atom stereocenters. The van der Waals surface area contributed by atoms with Crippen molar-refractivity contribution in [1.82, 2.24) is 0 Å². The number of nitrogens with one attached hydrogen (secondary N) is 2. The van der Waals surface area contributed by atoms with Crippen LogP contribution >= 0.6 is 0 Å². The monoisotopic (exact) mass is 384 g/mol. The number of nitro benzene ring substituents is 2. The number of non-ortho nitro benzene ring substituents is 1. The summed E-state index contributed by atoms with van der Waals surface area (Å²) in [5.74, 6) is 0. The quantitative estimate of drug-likeness (QED) is 0.401. The predicted molar refractivity (Wildman–Crippen MR) is 108 cm³/mol. The number of para-hydroxylation sites is 2. The van der Waals surface area contributed by atoms with Gasteiger partial charge in [0.15, 0.2) is 0 Å². The first kappa shape index (κ1) is 19.1. The molecule has 0 saturated carbocycles. The Morgan fingerprint density at radius 1 is 1.21 bits per heavy atom. The van der Waals surface area contributed by atoms with Crippen molar-refractivity contribution in [2.24, 2.45) is 5.10 Å². The lowest BCUT2D eigenvalue weighted by Crippen LogP contribution is -2.37. The Kier molecular flexibility index (Phi) is 5.68. The van der Waals surface area contributed by atoms with Gasteiger partial charge in [-0.25, -0.2) is 0 Å². The molecule has 1 aliphatic rings. The lowest BCUT2D eigenvalue weighted by Gasteiger charge is -2.23. The number of rotatable bonds is 8. The van der Waals surface area contributed by atoms with Gasteiger partial charge in [-0.3, -0.25) is 25.7 Å². The van der Waals surface area contributed by atoms with Gasteiger partial charge in [-0.1, -0.05) is 25.5 Å². The summed E-state index contributed by atoms with van der Waals surface area (Å²) < 4.78 is 0. The molecule has 146 valence electrons. The van der Waals surface area contributed by atoms with Crippen LogP contribution in [0, 0.1) is 20.2 Å². The molecule has 0 unspecified atom stereocenters. The third-order valence-corrected chi connectivity index (χ3v) is 4.39. The molecule has 1 aliphatic heterocycles. The van der Waals surface area contributed by atoms with Gasteiger partial charge >= 0.3 is 5.69 Å². The van der Waals surface area contributed by atoms with Gasteiger partial charge in [0.25, 0.3) is 5.69 Å². The molecular formula is C18H20N6O4. The van der Waals surface area contributed by atoms with E-state index in [9.17, 15) is 20.2 Å². The van der Waals surface area contributed by atoms with E-state index in [0.717, 1.165) is 36.8 Å². The maximum absolute atomic E-state index is 11.2. The zero-order valence-electron chi connectivity index (χ0n) is 15.2. The number of hydrogen-bond donors (Lipinski definition) is 2. The topological polar surface area (TPSA) is 126 Å². The lowest BCUT2D eigenvalue weighted by atomic mass is 10.2. The van der Waals surface area contributed by atoms with Crippen molar-refractivity contribution in [3.63, 3.8) is 0 Å². The van der Waals surface area contributed by atoms with Crippen LogP contribution in [0.25, 0.3) is 0 Å². The minimum Gasteiger partial charge on any atom is -0.359 e. The van der Waals surface area contributed by atoms with Crippen LogP contribution in [0.3, 0.4) is 0 Å². The van der Waals surface area contributed by atoms with Crippen LogP contribution in [0.1, 0.15) is 19.8 Å². The van der Waals surface area contributed by atoms with Crippen LogP contribution in [-0.4, -0.2) is 28.8 Å². The summed E-state index contributed by atoms with van der Waals surface area (Å²) in [6, 6.07) is 11.3. The molecule has 2 aromatic rings. The summed E-state index contributed by atoms with van der Waals surface area (Å²) in [6.07, 6.45) is 3.49. The summed E-state index contributed by atoms with van der Waals surface area (Å²) in [5, 5.41) is 29.5. The SMILES string of the molecule is CCCCN1c2ccccc2N[C@@H]1/C=N\Nc1ccc([N+](=O)[O-])cc1[N+](=O)[O-]. The summed E-state index contributed by atoms with van der Waals surface area (Å²) in [5.41, 5.74) is 4.04. The number of benzene rings is 2. The lowest BCUT2D eigenvalue weighted by molar-refractivity contribution is -0.393. The highest BCUT2D eigenvalue weighted by Gasteiger charge is 2.26. The Morgan fingerprint density at radius 3 is 2.71 bits per heavy atom. The fraction of sp³-hybridized carbons (Fsp3) is 0.278. The number of hydrazone groups is 1. The van der Waals surface area contributed by atoms with E-state index in [-0.39, 0.29) is 17.5 Å². The first-order valence-corrected chi connectivity index (χ1v) is 8.85. The minimum absolute atomic E-state index is 0.0856. The van der Waals surface area contributed by atoms with Crippen LogP contribution < -0.4 is 15.6 Å². The fourth-order valence-electron chi connectivity index (χ4n) is 3.00. The maximum Gasteiger partial charge on any atom is 0.301 e. The highest BCUT2D eigenvalue weighted by Crippen LogP contribution is 2.34. The molecule has 1 heterocycles. The van der Waals surface area contributed by atoms with E-state index in [0.29, 0.717) is 0 Å². The zero-order valence-corrected chi connectivity index (χ0v) is 15.2. The maximum atomic E-state index is 11.2. The molecule has 2 aromatic carbocycles. The Balaban J connectivity index is 1.77. The molecule has 0 aliphatic carbocycles. The standard InChI is InChI=1S/C18H20N6O4/c1-2-3-10-22-16-7-5-4-6-14(16)20-18(22)12-19-21-15-9-8-13(23(25)26)11-17(15)24(27)28/h4-9,11-12,18,20-21H,2-3,10H2,1H3/b19-12-/t18-/m0/s1. The molecule has 10 heteroatoms. The first-order valence-electron chi connectivity index (χ1n) is 8.85. The normalized spacial score (nSPS) is 15.3. The van der Waals surface area contributed by atoms with E-state index < -0.39 is 15.5 Å². The molecule has 3 rings (SSSR count). The van der Waals surface area contributed by atoms with Gasteiger partial charge in [0.2, 0.25) is 0 Å². The Bertz CT molecular complexity index is 917. The fourth-order valence-corrected chi connectivity index (χ4v) is 3.00. The molecule has 0 fully saturated rings. The van der Waals surface area contributed by atoms with E-state index in [1.165, 1.54) is 12.1 Å². The van der Waals surface area contributed by atoms with E-state index in [4.69, 9.17) is 0 Å². The van der Waals surface area contributed by atoms with Crippen LogP contribution in [0.2, 0.25) is 0 Å². The average Bonchev–Trinajstić information content (AvgIpc) is 3.03. The average molecular weight is 384 g/mol. The molecule has 10 nitrogen and oxygen atoms in total. The molecule has 0 saturated heterocycles. The molecule has 0 aromatic heterocycles. The number of hydrogen-bond acceptors (Lipinski definition) is 8. The highest BCUT2D eigenvalue weighted by molar-refractivity contribution is 5.86. The van der Waals surface area contributed by atoms with Crippen LogP contribution in [0.5, 0.6) is 0 Å². The summed E-state index contributed by atoms with van der Waals surface area (Å²) >= 11 is 0. The third-order valence-electron chi connectivity index (χ3n) is 4.39. The number of unbranched alkanes of at least 4 members (excludes halogenated alkanes) is 1. The van der Waals surface area contributed by atoms with Crippen molar-refractivity contribution in [2.75, 3.05) is 22.2 Å². The van der Waals surface area contributed by atoms with E-state index in [1.54, 1.807) is 6.21 Å². The van der Waals surface area contributed by atoms with Crippen molar-refractivity contribution >= 4 is 34.7 Å². The largest absolute Gasteiger partial charge is 0.359 e. The van der Waals surface area contributed by atoms with Crippen molar-refractivity contribution < 1.29 is 9.85 Å². The molecule has 0 radical (unpaired) electrons. The summed E-state index contributed by atoms with van der Waals surface area (Å²) in [6.45, 7) is 2.96. The van der Waals surface area contributed by atoms with Gasteiger partial charge < -0.3 is 10.2 Å². The van der Waals surface area contributed by atoms with Gasteiger partial charge in [-0.2, -0.15) is 5.10 Å². The van der Waals surface area contributed by atoms with E-state index in [2.05, 4.69) is 27.7 Å². The number of nitro groups is 2. The van der Waals surface area contributed by atoms with Gasteiger partial charge in [-0.05, 0) is 24.6 Å². The molecule has 2 N–H and O–H groups in total. The number of nitrogens with zero attached hydrogens (tertiary/aromatic N) is 4. The molecule has 28 heavy (non-hydrogen) atoms. The predicted octanol–water partition coefficient (Wildman–Crippen LogP) is 3.96. The second-order valence-corrected chi connectivity index (χ2v) is 6.26. The summed E-state index contributed by atoms with van der Waals surface area (Å²) in [7, 11) is 0. The Labute approximate surface area is 161 Å². The van der Waals surface area contributed by atoms with Crippen molar-refractivity contribution in [3.05, 3.63) is 62.7 Å². The third kappa shape index (κ3) is 4.00. The number of anilines is 3. The molecule has 0 amide bonds. The molecular weight excluding hydrogens is 364 g/mol. The van der Waals surface area contributed by atoms with Gasteiger partial charge in [0, 0.05) is 12.6 Å². The zero-order chi connectivity index (χ0) is 20.1. The van der Waals surface area contributed by atoms with Gasteiger partial charge in [-0.15, -0.1) is 0 Å². The van der Waals surface area contributed by atoms with Crippen molar-refractivity contribution in [2.45, 2.75) is 25.9 Å². The molecule has 0 bridgehead atoms. The van der Waals surface area contributed by atoms with Crippen LogP contribution in [-0.2, 0) is 0 Å². The highest BCUT2D eigenvalue weighted by atomic mass is 16.6. The van der Waals surface area contributed by atoms with Crippen molar-refractivity contribution in [3.8, 4) is 0 Å². The van der Waals surface area contributed by atoms with E-state index >= 15 is 0 Å². The van der Waals surface area contributed by atoms with Gasteiger partial charge in [0.05, 0.1) is 33.5 Å². The second kappa shape index (κ2) is 8.33. The Hall–Kier alpha value is -3.69. The minimum atomic E-state index is -0.678. The van der Waals surface area contributed by atoms with Crippen LogP contribution in [0.4, 0.5) is 28.4 Å². The number of fused-ring (bicyclic) bond motifs is 1. The summed E-state index contributed by atoms with van der Waals surface area (Å²) in [4.78, 5) is 22.9. The first-order chi connectivity index (χ1) is 13.5. The Morgan fingerprint density at radius 2 is 2.00 bits per heavy atom. The molecule has 0 spiro atoms. The van der Waals surface area contributed by atoms with Crippen LogP contribution in [0.15, 0.2) is 47.6 Å². The van der Waals surface area contributed by atoms with Crippen molar-refractivity contribution in [1.29, 1.82) is 0 Å². The smallest absolute Gasteiger partial charge is 0.301 e.